The van der Waals surface area contributed by atoms with Gasteiger partial charge in [-0.25, -0.2) is 4.98 Å². The topological polar surface area (TPSA) is 76.7 Å². The molecular formula is C10H11BN2O4. The van der Waals surface area contributed by atoms with E-state index in [2.05, 4.69) is 4.98 Å². The molecule has 0 aliphatic rings. The molecule has 6 nitrogen and oxygen atoms in total. The lowest BCUT2D eigenvalue weighted by Gasteiger charge is -2.11. The van der Waals surface area contributed by atoms with Gasteiger partial charge in [-0.05, 0) is 12.1 Å². The number of ether oxygens (including phenoxy) is 1. The fraction of sp³-hybridized carbons (Fsp3) is 0.100. The number of aromatic nitrogens is 2. The Balaban J connectivity index is 2.34. The Bertz CT molecular complexity index is 487. The summed E-state index contributed by atoms with van der Waals surface area (Å²) in [5, 5.41) is 17.5. The van der Waals surface area contributed by atoms with E-state index in [1.165, 1.54) is 7.11 Å². The van der Waals surface area contributed by atoms with Crippen LogP contribution in [0, 0.1) is 0 Å². The molecule has 1 heterocycles. The van der Waals surface area contributed by atoms with Crippen LogP contribution in [0.4, 0.5) is 0 Å². The maximum absolute atomic E-state index is 8.74. The van der Waals surface area contributed by atoms with Crippen LogP contribution in [0.5, 0.6) is 11.5 Å². The average Bonchev–Trinajstić information content (AvgIpc) is 2.82. The predicted molar refractivity (Wildman–Crippen MR) is 60.9 cm³/mol. The molecule has 1 aromatic heterocycles. The second kappa shape index (κ2) is 4.90. The lowest BCUT2D eigenvalue weighted by atomic mass is 10.2. The van der Waals surface area contributed by atoms with Crippen LogP contribution in [-0.4, -0.2) is 34.0 Å². The van der Waals surface area contributed by atoms with Gasteiger partial charge in [0.1, 0.15) is 5.75 Å². The monoisotopic (exact) mass is 234 g/mol. The summed E-state index contributed by atoms with van der Waals surface area (Å²) in [5.74, 6) is 0.663. The highest BCUT2D eigenvalue weighted by molar-refractivity contribution is 6.33. The molecule has 0 aliphatic heterocycles. The minimum Gasteiger partial charge on any atom is -0.509 e. The van der Waals surface area contributed by atoms with Crippen molar-refractivity contribution in [2.45, 2.75) is 0 Å². The van der Waals surface area contributed by atoms with E-state index in [1.54, 1.807) is 41.5 Å². The Kier molecular flexibility index (Phi) is 3.31. The fourth-order valence-electron chi connectivity index (χ4n) is 1.44. The van der Waals surface area contributed by atoms with E-state index in [9.17, 15) is 0 Å². The first-order valence-corrected chi connectivity index (χ1v) is 4.90. The third-order valence-corrected chi connectivity index (χ3v) is 2.18. The van der Waals surface area contributed by atoms with Gasteiger partial charge in [0, 0.05) is 18.5 Å². The van der Waals surface area contributed by atoms with E-state index in [0.717, 1.165) is 5.69 Å². The number of rotatable bonds is 4. The summed E-state index contributed by atoms with van der Waals surface area (Å²) in [7, 11) is -0.396. The molecule has 0 fully saturated rings. The molecule has 7 heteroatoms. The van der Waals surface area contributed by atoms with Crippen LogP contribution in [0.15, 0.2) is 36.9 Å². The number of methoxy groups -OCH3 is 1. The van der Waals surface area contributed by atoms with Gasteiger partial charge in [0.15, 0.2) is 5.75 Å². The lowest BCUT2D eigenvalue weighted by molar-refractivity contribution is 0.279. The number of imidazole rings is 1. The summed E-state index contributed by atoms with van der Waals surface area (Å²) in [6.45, 7) is 0. The first-order chi connectivity index (χ1) is 8.20. The number of hydrogen-bond acceptors (Lipinski definition) is 5. The molecule has 0 unspecified atom stereocenters. The quantitative estimate of drug-likeness (QED) is 0.740. The zero-order chi connectivity index (χ0) is 12.3. The zero-order valence-corrected chi connectivity index (χ0v) is 9.15. The van der Waals surface area contributed by atoms with E-state index >= 15 is 0 Å². The van der Waals surface area contributed by atoms with Crippen LogP contribution in [0.3, 0.4) is 0 Å². The molecule has 0 saturated heterocycles. The van der Waals surface area contributed by atoms with Gasteiger partial charge >= 0.3 is 7.32 Å². The lowest BCUT2D eigenvalue weighted by Crippen LogP contribution is -2.20. The van der Waals surface area contributed by atoms with Crippen molar-refractivity contribution in [3.8, 4) is 17.2 Å². The Labute approximate surface area is 98.2 Å². The van der Waals surface area contributed by atoms with E-state index in [-0.39, 0.29) is 5.75 Å². The highest BCUT2D eigenvalue weighted by atomic mass is 16.6. The van der Waals surface area contributed by atoms with Gasteiger partial charge in [-0.15, -0.1) is 0 Å². The van der Waals surface area contributed by atoms with E-state index in [1.807, 2.05) is 0 Å². The molecule has 0 saturated carbocycles. The molecule has 0 spiro atoms. The SMILES string of the molecule is COc1cc(-n2ccnc2)ccc1OB(O)O. The van der Waals surface area contributed by atoms with E-state index < -0.39 is 7.32 Å². The van der Waals surface area contributed by atoms with E-state index in [0.29, 0.717) is 5.75 Å². The van der Waals surface area contributed by atoms with Gasteiger partial charge in [0.25, 0.3) is 0 Å². The molecule has 0 amide bonds. The molecule has 17 heavy (non-hydrogen) atoms. The summed E-state index contributed by atoms with van der Waals surface area (Å²) >= 11 is 0. The molecule has 2 aromatic rings. The van der Waals surface area contributed by atoms with Crippen molar-refractivity contribution in [2.75, 3.05) is 7.11 Å². The first-order valence-electron chi connectivity index (χ1n) is 4.90. The molecular weight excluding hydrogens is 223 g/mol. The Hall–Kier alpha value is -1.99. The van der Waals surface area contributed by atoms with Crippen molar-refractivity contribution in [3.63, 3.8) is 0 Å². The van der Waals surface area contributed by atoms with Crippen LogP contribution in [-0.2, 0) is 0 Å². The zero-order valence-electron chi connectivity index (χ0n) is 9.15. The molecule has 0 radical (unpaired) electrons. The van der Waals surface area contributed by atoms with Crippen LogP contribution >= 0.6 is 0 Å². The molecule has 2 rings (SSSR count). The molecule has 0 bridgehead atoms. The third kappa shape index (κ3) is 2.58. The standard InChI is InChI=1S/C10H11BN2O4/c1-16-10-6-8(13-5-4-12-7-13)2-3-9(10)17-11(14)15/h2-7,14-15H,1H3. The molecule has 2 N–H and O–H groups in total. The summed E-state index contributed by atoms with van der Waals surface area (Å²) in [4.78, 5) is 3.94. The minimum atomic E-state index is -1.87. The Morgan fingerprint density at radius 3 is 2.71 bits per heavy atom. The number of benzene rings is 1. The first kappa shape index (κ1) is 11.5. The third-order valence-electron chi connectivity index (χ3n) is 2.18. The van der Waals surface area contributed by atoms with Gasteiger partial charge in [0.05, 0.1) is 19.1 Å². The highest BCUT2D eigenvalue weighted by Crippen LogP contribution is 2.29. The van der Waals surface area contributed by atoms with Crippen LogP contribution in [0.25, 0.3) is 5.69 Å². The van der Waals surface area contributed by atoms with Crippen molar-refractivity contribution in [1.29, 1.82) is 0 Å². The fourth-order valence-corrected chi connectivity index (χ4v) is 1.44. The van der Waals surface area contributed by atoms with Gasteiger partial charge in [-0.2, -0.15) is 0 Å². The average molecular weight is 234 g/mol. The summed E-state index contributed by atoms with van der Waals surface area (Å²) in [5.41, 5.74) is 0.833. The van der Waals surface area contributed by atoms with E-state index in [4.69, 9.17) is 19.4 Å². The maximum Gasteiger partial charge on any atom is 0.707 e. The number of nitrogens with zero attached hydrogens (tertiary/aromatic N) is 2. The maximum atomic E-state index is 8.74. The Morgan fingerprint density at radius 1 is 1.29 bits per heavy atom. The van der Waals surface area contributed by atoms with Crippen molar-refractivity contribution in [2.24, 2.45) is 0 Å². The van der Waals surface area contributed by atoms with Gasteiger partial charge < -0.3 is 24.0 Å². The second-order valence-electron chi connectivity index (χ2n) is 3.25. The van der Waals surface area contributed by atoms with Gasteiger partial charge in [-0.3, -0.25) is 0 Å². The van der Waals surface area contributed by atoms with Crippen molar-refractivity contribution >= 4 is 7.32 Å². The number of hydrogen-bond donors (Lipinski definition) is 2. The smallest absolute Gasteiger partial charge is 0.509 e. The molecule has 1 aromatic carbocycles. The van der Waals surface area contributed by atoms with Crippen molar-refractivity contribution < 1.29 is 19.4 Å². The molecule has 88 valence electrons. The second-order valence-corrected chi connectivity index (χ2v) is 3.25. The van der Waals surface area contributed by atoms with Crippen LogP contribution < -0.4 is 9.39 Å². The predicted octanol–water partition coefficient (Wildman–Crippen LogP) is 0.229. The van der Waals surface area contributed by atoms with Crippen molar-refractivity contribution in [1.82, 2.24) is 9.55 Å². The summed E-state index contributed by atoms with van der Waals surface area (Å²) < 4.78 is 11.7. The van der Waals surface area contributed by atoms with Gasteiger partial charge in [-0.1, -0.05) is 0 Å². The summed E-state index contributed by atoms with van der Waals surface area (Å²) in [6.07, 6.45) is 5.10. The largest absolute Gasteiger partial charge is 0.707 e. The summed E-state index contributed by atoms with van der Waals surface area (Å²) in [6, 6.07) is 5.05. The van der Waals surface area contributed by atoms with Crippen molar-refractivity contribution in [3.05, 3.63) is 36.9 Å². The van der Waals surface area contributed by atoms with Crippen LogP contribution in [0.1, 0.15) is 0 Å². The Morgan fingerprint density at radius 2 is 2.12 bits per heavy atom. The molecule has 0 atom stereocenters. The minimum absolute atomic E-state index is 0.256. The van der Waals surface area contributed by atoms with Gasteiger partial charge in [0.2, 0.25) is 0 Å². The normalized spacial score (nSPS) is 10.1. The van der Waals surface area contributed by atoms with Crippen LogP contribution in [0.2, 0.25) is 0 Å². The molecule has 0 aliphatic carbocycles. The highest BCUT2D eigenvalue weighted by Gasteiger charge is 2.15.